The molecule has 0 radical (unpaired) electrons. The van der Waals surface area contributed by atoms with Gasteiger partial charge in [0.15, 0.2) is 0 Å². The molecule has 0 saturated heterocycles. The van der Waals surface area contributed by atoms with Crippen LogP contribution in [-0.2, 0) is 0 Å². The first-order chi connectivity index (χ1) is 3.18. The third-order valence-corrected chi connectivity index (χ3v) is 2.34. The number of aliphatic hydroxyl groups is 1. The second kappa shape index (κ2) is 3.66. The van der Waals surface area contributed by atoms with Gasteiger partial charge in [-0.05, 0) is 5.92 Å². The minimum Gasteiger partial charge on any atom is -0.382 e. The van der Waals surface area contributed by atoms with E-state index < -0.39 is 0 Å². The number of rotatable bonds is 2. The maximum atomic E-state index is 8.81. The van der Waals surface area contributed by atoms with Crippen LogP contribution in [0.4, 0.5) is 0 Å². The van der Waals surface area contributed by atoms with E-state index in [2.05, 4.69) is 6.92 Å². The lowest BCUT2D eigenvalue weighted by atomic mass is 10.1. The maximum absolute atomic E-state index is 8.81. The van der Waals surface area contributed by atoms with Crippen molar-refractivity contribution >= 4 is 22.6 Å². The Labute approximate surface area is 58.3 Å². The highest BCUT2D eigenvalue weighted by Gasteiger charge is 2.05. The van der Waals surface area contributed by atoms with Crippen molar-refractivity contribution in [2.24, 2.45) is 5.92 Å². The molecule has 0 fully saturated rings. The van der Waals surface area contributed by atoms with Gasteiger partial charge in [-0.15, -0.1) is 0 Å². The standard InChI is InChI=1S/C5H11IO/c1-3-4(2)5(6)7/h4-5,7H,3H2,1-2H3/t4-,5?/m0/s1. The van der Waals surface area contributed by atoms with Gasteiger partial charge in [0.05, 0.1) is 0 Å². The lowest BCUT2D eigenvalue weighted by molar-refractivity contribution is 0.214. The van der Waals surface area contributed by atoms with Crippen molar-refractivity contribution in [2.75, 3.05) is 0 Å². The summed E-state index contributed by atoms with van der Waals surface area (Å²) < 4.78 is -0.164. The van der Waals surface area contributed by atoms with Gasteiger partial charge < -0.3 is 5.11 Å². The van der Waals surface area contributed by atoms with E-state index in [0.717, 1.165) is 6.42 Å². The van der Waals surface area contributed by atoms with Crippen molar-refractivity contribution in [1.82, 2.24) is 0 Å². The highest BCUT2D eigenvalue weighted by Crippen LogP contribution is 2.12. The van der Waals surface area contributed by atoms with Gasteiger partial charge in [0.1, 0.15) is 4.11 Å². The monoisotopic (exact) mass is 214 g/mol. The molecule has 44 valence electrons. The molecule has 2 atom stereocenters. The first kappa shape index (κ1) is 7.69. The molecule has 0 aliphatic carbocycles. The number of halogens is 1. The molecule has 1 N–H and O–H groups in total. The lowest BCUT2D eigenvalue weighted by Gasteiger charge is -2.07. The largest absolute Gasteiger partial charge is 0.382 e. The molecule has 0 aliphatic heterocycles. The molecule has 1 nitrogen and oxygen atoms in total. The van der Waals surface area contributed by atoms with Crippen LogP contribution in [0.15, 0.2) is 0 Å². The third kappa shape index (κ3) is 3.29. The van der Waals surface area contributed by atoms with Crippen LogP contribution in [0.25, 0.3) is 0 Å². The summed E-state index contributed by atoms with van der Waals surface area (Å²) in [5.41, 5.74) is 0. The first-order valence-electron chi connectivity index (χ1n) is 2.50. The smallest absolute Gasteiger partial charge is 0.107 e. The molecule has 0 saturated carbocycles. The molecule has 7 heavy (non-hydrogen) atoms. The summed E-state index contributed by atoms with van der Waals surface area (Å²) in [7, 11) is 0. The molecule has 0 spiro atoms. The van der Waals surface area contributed by atoms with E-state index in [1.165, 1.54) is 0 Å². The Hall–Kier alpha value is 0.690. The molecule has 0 heterocycles. The Morgan fingerprint density at radius 3 is 2.14 bits per heavy atom. The molecule has 0 rings (SSSR count). The van der Waals surface area contributed by atoms with E-state index in [-0.39, 0.29) is 4.11 Å². The Morgan fingerprint density at radius 1 is 1.71 bits per heavy atom. The molecule has 2 heteroatoms. The summed E-state index contributed by atoms with van der Waals surface area (Å²) in [5.74, 6) is 0.445. The van der Waals surface area contributed by atoms with Crippen LogP contribution in [-0.4, -0.2) is 9.22 Å². The molecule has 0 aromatic carbocycles. The van der Waals surface area contributed by atoms with Crippen molar-refractivity contribution in [3.05, 3.63) is 0 Å². The zero-order valence-electron chi connectivity index (χ0n) is 4.69. The fourth-order valence-corrected chi connectivity index (χ4v) is 0.703. The van der Waals surface area contributed by atoms with Gasteiger partial charge >= 0.3 is 0 Å². The van der Waals surface area contributed by atoms with Crippen molar-refractivity contribution in [3.63, 3.8) is 0 Å². The average molecular weight is 214 g/mol. The fraction of sp³-hybridized carbons (Fsp3) is 1.00. The minimum atomic E-state index is -0.164. The van der Waals surface area contributed by atoms with Crippen molar-refractivity contribution in [3.8, 4) is 0 Å². The minimum absolute atomic E-state index is 0.164. The van der Waals surface area contributed by atoms with Crippen LogP contribution in [0, 0.1) is 5.92 Å². The van der Waals surface area contributed by atoms with Crippen LogP contribution in [0.2, 0.25) is 0 Å². The molecule has 0 aromatic heterocycles. The Morgan fingerprint density at radius 2 is 2.14 bits per heavy atom. The van der Waals surface area contributed by atoms with Gasteiger partial charge in [-0.3, -0.25) is 0 Å². The number of alkyl halides is 1. The van der Waals surface area contributed by atoms with Crippen molar-refractivity contribution in [2.45, 2.75) is 24.4 Å². The van der Waals surface area contributed by atoms with Crippen LogP contribution >= 0.6 is 22.6 Å². The molecule has 0 aromatic rings. The highest BCUT2D eigenvalue weighted by molar-refractivity contribution is 14.1. The van der Waals surface area contributed by atoms with Crippen molar-refractivity contribution in [1.29, 1.82) is 0 Å². The topological polar surface area (TPSA) is 20.2 Å². The van der Waals surface area contributed by atoms with Crippen molar-refractivity contribution < 1.29 is 5.11 Å². The molecule has 0 bridgehead atoms. The average Bonchev–Trinajstić information content (AvgIpc) is 1.65. The molecule has 1 unspecified atom stereocenters. The van der Waals surface area contributed by atoms with E-state index >= 15 is 0 Å². The second-order valence-corrected chi connectivity index (χ2v) is 3.03. The van der Waals surface area contributed by atoms with Crippen LogP contribution in [0.5, 0.6) is 0 Å². The quantitative estimate of drug-likeness (QED) is 0.548. The molecular formula is C5H11IO. The third-order valence-electron chi connectivity index (χ3n) is 1.11. The summed E-state index contributed by atoms with van der Waals surface area (Å²) in [5, 5.41) is 8.81. The summed E-state index contributed by atoms with van der Waals surface area (Å²) in [4.78, 5) is 0. The zero-order valence-corrected chi connectivity index (χ0v) is 6.84. The van der Waals surface area contributed by atoms with Gasteiger partial charge in [-0.1, -0.05) is 42.9 Å². The van der Waals surface area contributed by atoms with Gasteiger partial charge in [-0.25, -0.2) is 0 Å². The predicted octanol–water partition coefficient (Wildman–Crippen LogP) is 1.79. The number of hydrogen-bond donors (Lipinski definition) is 1. The number of aliphatic hydroxyl groups excluding tert-OH is 1. The normalized spacial score (nSPS) is 18.9. The fourth-order valence-electron chi connectivity index (χ4n) is 0.194. The Kier molecular flexibility index (Phi) is 4.02. The highest BCUT2D eigenvalue weighted by atomic mass is 127. The SMILES string of the molecule is CC[C@H](C)C(O)I. The maximum Gasteiger partial charge on any atom is 0.107 e. The molecule has 0 aliphatic rings. The Bertz CT molecular complexity index is 45.3. The predicted molar refractivity (Wildman–Crippen MR) is 39.5 cm³/mol. The van der Waals surface area contributed by atoms with Crippen LogP contribution in [0.3, 0.4) is 0 Å². The van der Waals surface area contributed by atoms with E-state index in [0.29, 0.717) is 5.92 Å². The van der Waals surface area contributed by atoms with Gasteiger partial charge in [0.2, 0.25) is 0 Å². The summed E-state index contributed by atoms with van der Waals surface area (Å²) in [6.45, 7) is 4.11. The van der Waals surface area contributed by atoms with Crippen LogP contribution < -0.4 is 0 Å². The van der Waals surface area contributed by atoms with Gasteiger partial charge in [-0.2, -0.15) is 0 Å². The Balaban J connectivity index is 3.14. The van der Waals surface area contributed by atoms with E-state index in [9.17, 15) is 0 Å². The summed E-state index contributed by atoms with van der Waals surface area (Å²) in [6.07, 6.45) is 1.06. The number of hydrogen-bond acceptors (Lipinski definition) is 1. The lowest BCUT2D eigenvalue weighted by Crippen LogP contribution is -2.06. The van der Waals surface area contributed by atoms with E-state index in [1.807, 2.05) is 29.5 Å². The van der Waals surface area contributed by atoms with E-state index in [1.54, 1.807) is 0 Å². The summed E-state index contributed by atoms with van der Waals surface area (Å²) >= 11 is 2.02. The molecule has 0 amide bonds. The van der Waals surface area contributed by atoms with Gasteiger partial charge in [0.25, 0.3) is 0 Å². The summed E-state index contributed by atoms with van der Waals surface area (Å²) in [6, 6.07) is 0. The van der Waals surface area contributed by atoms with Crippen LogP contribution in [0.1, 0.15) is 20.3 Å². The van der Waals surface area contributed by atoms with Gasteiger partial charge in [0, 0.05) is 0 Å². The molecular weight excluding hydrogens is 203 g/mol. The second-order valence-electron chi connectivity index (χ2n) is 1.76. The van der Waals surface area contributed by atoms with E-state index in [4.69, 9.17) is 5.11 Å². The first-order valence-corrected chi connectivity index (χ1v) is 3.75. The zero-order chi connectivity index (χ0) is 5.86.